The van der Waals surface area contributed by atoms with Crippen LogP contribution in [0.15, 0.2) is 27.0 Å². The van der Waals surface area contributed by atoms with Crippen LogP contribution in [0.5, 0.6) is 0 Å². The van der Waals surface area contributed by atoms with Crippen LogP contribution in [0.25, 0.3) is 0 Å². The van der Waals surface area contributed by atoms with E-state index in [2.05, 4.69) is 35.8 Å². The number of β-lactam (4-membered cyclic amide) rings is 1. The average molecular weight is 578 g/mol. The number of oxime groups is 1. The number of tetrazole rings is 1. The molecule has 5 N–H and O–H groups in total. The first kappa shape index (κ1) is 26.7. The van der Waals surface area contributed by atoms with Crippen LogP contribution in [-0.2, 0) is 25.8 Å². The summed E-state index contributed by atoms with van der Waals surface area (Å²) in [5, 5.41) is 36.5. The van der Waals surface area contributed by atoms with E-state index in [4.69, 9.17) is 10.8 Å². The highest BCUT2D eigenvalue weighted by molar-refractivity contribution is 8.01. The lowest BCUT2D eigenvalue weighted by Gasteiger charge is -2.49. The molecule has 0 bridgehead atoms. The van der Waals surface area contributed by atoms with Crippen molar-refractivity contribution in [2.24, 2.45) is 5.16 Å². The minimum atomic E-state index is -3.30. The van der Waals surface area contributed by atoms with Gasteiger partial charge in [-0.25, -0.2) is 14.5 Å². The second-order valence-corrected chi connectivity index (χ2v) is 10.1. The molecule has 2 aliphatic rings. The lowest BCUT2D eigenvalue weighted by Crippen LogP contribution is -2.71. The highest BCUT2D eigenvalue weighted by atomic mass is 32.2. The number of nitrogens with one attached hydrogen (secondary N) is 1. The van der Waals surface area contributed by atoms with Gasteiger partial charge < -0.3 is 26.1 Å². The molecule has 2 atom stereocenters. The number of hydrogen-bond donors (Lipinski definition) is 4. The van der Waals surface area contributed by atoms with Crippen LogP contribution in [-0.4, -0.2) is 99.9 Å². The van der Waals surface area contributed by atoms with Crippen molar-refractivity contribution in [3.63, 3.8) is 0 Å². The first-order chi connectivity index (χ1) is 17.7. The van der Waals surface area contributed by atoms with Crippen molar-refractivity contribution in [1.29, 1.82) is 0 Å². The molecule has 15 nitrogen and oxygen atoms in total. The molecule has 0 saturated carbocycles. The third-order valence-corrected chi connectivity index (χ3v) is 7.98. The van der Waals surface area contributed by atoms with Crippen LogP contribution < -0.4 is 11.1 Å². The number of nitrogens with zero attached hydrogens (tertiary/aromatic N) is 7. The van der Waals surface area contributed by atoms with E-state index in [-0.39, 0.29) is 41.2 Å². The normalized spacial score (nSPS) is 19.6. The zero-order valence-electron chi connectivity index (χ0n) is 18.4. The third-order valence-electron chi connectivity index (χ3n) is 4.93. The van der Waals surface area contributed by atoms with Gasteiger partial charge in [-0.1, -0.05) is 16.9 Å². The molecule has 1 saturated heterocycles. The standard InChI is InChI=1S/C17H17F2N9O6S3/c18-15(19)34-24-8(7-5-36-16(20)21-7)11(30)22-9-12(31)28-10(14(32)33)6(3-35-13(9)28)4-37-17-23-25-26-27(17)1-2-29/h5,9,13,15,29H,1-4H2,(H2,20,21)(H,22,30)(H,32,33)/b24-8+/t9?,13-/m1/s1. The second-order valence-electron chi connectivity index (χ2n) is 7.19. The average Bonchev–Trinajstić information content (AvgIpc) is 3.49. The summed E-state index contributed by atoms with van der Waals surface area (Å²) >= 11 is 3.29. The monoisotopic (exact) mass is 577 g/mol. The minimum Gasteiger partial charge on any atom is -0.477 e. The molecule has 37 heavy (non-hydrogen) atoms. The Morgan fingerprint density at radius 2 is 2.22 bits per heavy atom. The number of aliphatic hydroxyl groups excluding tert-OH is 1. The van der Waals surface area contributed by atoms with Gasteiger partial charge in [-0.2, -0.15) is 8.78 Å². The highest BCUT2D eigenvalue weighted by Crippen LogP contribution is 2.41. The number of rotatable bonds is 11. The maximum absolute atomic E-state index is 12.9. The van der Waals surface area contributed by atoms with E-state index in [9.17, 15) is 28.3 Å². The number of carboxylic acid groups (broad SMARTS) is 1. The third kappa shape index (κ3) is 5.65. The van der Waals surface area contributed by atoms with Crippen molar-refractivity contribution >= 4 is 63.5 Å². The van der Waals surface area contributed by atoms with Gasteiger partial charge in [0.05, 0.1) is 13.2 Å². The predicted molar refractivity (Wildman–Crippen MR) is 125 cm³/mol. The van der Waals surface area contributed by atoms with Crippen molar-refractivity contribution in [2.45, 2.75) is 29.7 Å². The Hall–Kier alpha value is -3.36. The summed E-state index contributed by atoms with van der Waals surface area (Å²) in [7, 11) is 0. The largest absolute Gasteiger partial charge is 0.477 e. The summed E-state index contributed by atoms with van der Waals surface area (Å²) in [5.41, 5.74) is 4.99. The fraction of sp³-hybridized carbons (Fsp3) is 0.412. The van der Waals surface area contributed by atoms with Gasteiger partial charge >= 0.3 is 12.6 Å². The first-order valence-corrected chi connectivity index (χ1v) is 13.1. The van der Waals surface area contributed by atoms with Crippen LogP contribution in [0, 0.1) is 0 Å². The summed E-state index contributed by atoms with van der Waals surface area (Å²) in [6.07, 6.45) is 0. The smallest absolute Gasteiger partial charge is 0.407 e. The number of anilines is 1. The van der Waals surface area contributed by atoms with Gasteiger partial charge in [0.25, 0.3) is 11.8 Å². The Morgan fingerprint density at radius 3 is 2.86 bits per heavy atom. The molecule has 2 aromatic heterocycles. The van der Waals surface area contributed by atoms with Crippen molar-refractivity contribution in [3.8, 4) is 0 Å². The summed E-state index contributed by atoms with van der Waals surface area (Å²) in [5.74, 6) is -2.69. The topological polar surface area (TPSA) is 211 Å². The maximum atomic E-state index is 12.9. The van der Waals surface area contributed by atoms with E-state index in [1.165, 1.54) is 21.8 Å². The van der Waals surface area contributed by atoms with E-state index >= 15 is 0 Å². The van der Waals surface area contributed by atoms with E-state index in [0.717, 1.165) is 28.0 Å². The number of nitrogens with two attached hydrogens (primary N) is 1. The van der Waals surface area contributed by atoms with Crippen LogP contribution in [0.4, 0.5) is 13.9 Å². The number of hydrogen-bond acceptors (Lipinski definition) is 14. The Morgan fingerprint density at radius 1 is 1.43 bits per heavy atom. The van der Waals surface area contributed by atoms with Crippen molar-refractivity contribution < 1.29 is 38.2 Å². The molecule has 0 aliphatic carbocycles. The molecular formula is C17H17F2N9O6S3. The summed E-state index contributed by atoms with van der Waals surface area (Å²) < 4.78 is 26.4. The van der Waals surface area contributed by atoms with E-state index in [1.807, 2.05) is 0 Å². The number of aliphatic carboxylic acids is 1. The molecule has 20 heteroatoms. The molecule has 1 fully saturated rings. The van der Waals surface area contributed by atoms with Crippen LogP contribution >= 0.6 is 34.9 Å². The molecule has 4 rings (SSSR count). The molecule has 4 heterocycles. The number of carbonyl (C=O) groups is 3. The van der Waals surface area contributed by atoms with Gasteiger partial charge in [0, 0.05) is 16.9 Å². The number of alkyl halides is 2. The minimum absolute atomic E-state index is 0.0494. The van der Waals surface area contributed by atoms with E-state index < -0.39 is 41.5 Å². The number of carboxylic acids is 1. The Bertz CT molecular complexity index is 1270. The molecule has 2 aromatic rings. The molecule has 0 spiro atoms. The molecular weight excluding hydrogens is 560 g/mol. The van der Waals surface area contributed by atoms with E-state index in [0.29, 0.717) is 10.7 Å². The Labute approximate surface area is 218 Å². The van der Waals surface area contributed by atoms with Crippen LogP contribution in [0.1, 0.15) is 5.69 Å². The number of fused-ring (bicyclic) bond motifs is 1. The van der Waals surface area contributed by atoms with Gasteiger partial charge in [0.15, 0.2) is 10.8 Å². The molecule has 1 unspecified atom stereocenters. The highest BCUT2D eigenvalue weighted by Gasteiger charge is 2.54. The number of nitrogen functional groups attached to an aromatic ring is 1. The number of halogens is 2. The lowest BCUT2D eigenvalue weighted by atomic mass is 10.0. The number of thiazole rings is 1. The number of thioether (sulfide) groups is 2. The van der Waals surface area contributed by atoms with Crippen molar-refractivity contribution in [2.75, 3.05) is 23.8 Å². The molecule has 0 radical (unpaired) electrons. The van der Waals surface area contributed by atoms with Gasteiger partial charge in [-0.05, 0) is 16.0 Å². The SMILES string of the molecule is Nc1nc(/C(=N\OC(F)F)C(=O)NC2C(=O)N3C(C(=O)O)=C(CSc4nnnn4CCO)CS[C@H]23)cs1. The fourth-order valence-electron chi connectivity index (χ4n) is 3.38. The number of aliphatic hydroxyl groups is 1. The number of amides is 2. The first-order valence-electron chi connectivity index (χ1n) is 10.1. The zero-order valence-corrected chi connectivity index (χ0v) is 20.8. The lowest BCUT2D eigenvalue weighted by molar-refractivity contribution is -0.150. The maximum Gasteiger partial charge on any atom is 0.407 e. The Balaban J connectivity index is 1.49. The quantitative estimate of drug-likeness (QED) is 0.111. The van der Waals surface area contributed by atoms with Gasteiger partial charge in [-0.3, -0.25) is 14.5 Å². The number of aromatic nitrogens is 5. The summed E-state index contributed by atoms with van der Waals surface area (Å²) in [6, 6.07) is -1.15. The van der Waals surface area contributed by atoms with E-state index in [1.54, 1.807) is 0 Å². The molecule has 2 aliphatic heterocycles. The number of carbonyl (C=O) groups excluding carboxylic acids is 2. The zero-order chi connectivity index (χ0) is 26.7. The summed E-state index contributed by atoms with van der Waals surface area (Å²) in [4.78, 5) is 46.5. The van der Waals surface area contributed by atoms with Gasteiger partial charge in [0.2, 0.25) is 5.16 Å². The van der Waals surface area contributed by atoms with Gasteiger partial charge in [0.1, 0.15) is 22.8 Å². The van der Waals surface area contributed by atoms with Crippen molar-refractivity contribution in [3.05, 3.63) is 22.3 Å². The second kappa shape index (κ2) is 11.4. The van der Waals surface area contributed by atoms with Crippen LogP contribution in [0.3, 0.4) is 0 Å². The Kier molecular flexibility index (Phi) is 8.19. The van der Waals surface area contributed by atoms with Gasteiger partial charge in [-0.15, -0.1) is 28.2 Å². The van der Waals surface area contributed by atoms with Crippen LogP contribution in [0.2, 0.25) is 0 Å². The summed E-state index contributed by atoms with van der Waals surface area (Å²) in [6.45, 7) is -3.34. The predicted octanol–water partition coefficient (Wildman–Crippen LogP) is -0.822. The molecule has 198 valence electrons. The molecule has 0 aromatic carbocycles. The fourth-order valence-corrected chi connectivity index (χ4v) is 6.32. The van der Waals surface area contributed by atoms with Crippen molar-refractivity contribution in [1.82, 2.24) is 35.4 Å². The molecule has 2 amide bonds.